The van der Waals surface area contributed by atoms with E-state index in [1.165, 1.54) is 32.1 Å². The van der Waals surface area contributed by atoms with E-state index in [1.807, 2.05) is 24.3 Å². The van der Waals surface area contributed by atoms with Gasteiger partial charge >= 0.3 is 0 Å². The summed E-state index contributed by atoms with van der Waals surface area (Å²) >= 11 is 0. The van der Waals surface area contributed by atoms with Gasteiger partial charge in [-0.05, 0) is 36.5 Å². The van der Waals surface area contributed by atoms with E-state index < -0.39 is 0 Å². The summed E-state index contributed by atoms with van der Waals surface area (Å²) in [7, 11) is 0. The van der Waals surface area contributed by atoms with Crippen molar-refractivity contribution in [3.05, 3.63) is 29.8 Å². The zero-order valence-electron chi connectivity index (χ0n) is 10.2. The minimum Gasteiger partial charge on any atom is -0.493 e. The van der Waals surface area contributed by atoms with Crippen molar-refractivity contribution in [2.75, 3.05) is 6.61 Å². The van der Waals surface area contributed by atoms with Gasteiger partial charge in [-0.2, -0.15) is 0 Å². The van der Waals surface area contributed by atoms with Crippen molar-refractivity contribution in [1.82, 2.24) is 0 Å². The second-order valence-electron chi connectivity index (χ2n) is 4.83. The molecule has 1 aromatic carbocycles. The summed E-state index contributed by atoms with van der Waals surface area (Å²) in [6.07, 6.45) is 8.13. The summed E-state index contributed by atoms with van der Waals surface area (Å²) in [5.41, 5.74) is 1.05. The summed E-state index contributed by atoms with van der Waals surface area (Å²) in [5.74, 6) is 1.66. The van der Waals surface area contributed by atoms with Gasteiger partial charge < -0.3 is 9.53 Å². The van der Waals surface area contributed by atoms with Crippen LogP contribution >= 0.6 is 0 Å². The fraction of sp³-hybridized carbons (Fsp3) is 0.533. The lowest BCUT2D eigenvalue weighted by Crippen LogP contribution is -2.15. The van der Waals surface area contributed by atoms with Gasteiger partial charge in [0.2, 0.25) is 0 Å². The van der Waals surface area contributed by atoms with Crippen LogP contribution in [0.25, 0.3) is 0 Å². The molecule has 1 fully saturated rings. The second-order valence-corrected chi connectivity index (χ2v) is 4.83. The summed E-state index contributed by atoms with van der Waals surface area (Å²) in [4.78, 5) is 10.4. The van der Waals surface area contributed by atoms with Crippen LogP contribution in [0.4, 0.5) is 0 Å². The Morgan fingerprint density at radius 1 is 1.12 bits per heavy atom. The molecule has 1 saturated carbocycles. The van der Waals surface area contributed by atoms with Crippen LogP contribution in [0.2, 0.25) is 0 Å². The Kier molecular flexibility index (Phi) is 4.60. The third kappa shape index (κ3) is 3.88. The predicted molar refractivity (Wildman–Crippen MR) is 68.3 cm³/mol. The standard InChI is InChI=1S/C15H20O2/c16-11-10-13-6-8-15(9-7-13)17-12-14-4-2-1-3-5-14/h6-9,11,14H,1-5,10,12H2. The highest BCUT2D eigenvalue weighted by molar-refractivity contribution is 5.55. The highest BCUT2D eigenvalue weighted by Gasteiger charge is 2.13. The van der Waals surface area contributed by atoms with Crippen molar-refractivity contribution >= 4 is 6.29 Å². The van der Waals surface area contributed by atoms with E-state index in [0.29, 0.717) is 6.42 Å². The molecule has 0 aromatic heterocycles. The molecule has 0 N–H and O–H groups in total. The molecule has 0 bridgehead atoms. The average Bonchev–Trinajstić information content (AvgIpc) is 2.40. The Labute approximate surface area is 103 Å². The Morgan fingerprint density at radius 3 is 2.47 bits per heavy atom. The molecular formula is C15H20O2. The Bertz CT molecular complexity index is 336. The lowest BCUT2D eigenvalue weighted by atomic mass is 9.90. The number of rotatable bonds is 5. The molecule has 1 aliphatic carbocycles. The van der Waals surface area contributed by atoms with Gasteiger partial charge in [0.15, 0.2) is 0 Å². The molecule has 0 saturated heterocycles. The van der Waals surface area contributed by atoms with E-state index in [2.05, 4.69) is 0 Å². The average molecular weight is 232 g/mol. The summed E-state index contributed by atoms with van der Waals surface area (Å²) in [6.45, 7) is 0.840. The van der Waals surface area contributed by atoms with Crippen molar-refractivity contribution in [2.45, 2.75) is 38.5 Å². The SMILES string of the molecule is O=CCc1ccc(OCC2CCCCC2)cc1. The second kappa shape index (κ2) is 6.43. The maximum atomic E-state index is 10.4. The van der Waals surface area contributed by atoms with Gasteiger partial charge in [-0.1, -0.05) is 31.4 Å². The van der Waals surface area contributed by atoms with Crippen LogP contribution in [-0.2, 0) is 11.2 Å². The fourth-order valence-corrected chi connectivity index (χ4v) is 2.39. The first-order valence-electron chi connectivity index (χ1n) is 6.54. The van der Waals surface area contributed by atoms with Crippen molar-refractivity contribution in [3.8, 4) is 5.75 Å². The van der Waals surface area contributed by atoms with Crippen LogP contribution in [0, 0.1) is 5.92 Å². The highest BCUT2D eigenvalue weighted by atomic mass is 16.5. The number of ether oxygens (including phenoxy) is 1. The third-order valence-corrected chi connectivity index (χ3v) is 3.45. The van der Waals surface area contributed by atoms with Crippen molar-refractivity contribution in [2.24, 2.45) is 5.92 Å². The van der Waals surface area contributed by atoms with Gasteiger partial charge in [0.05, 0.1) is 6.61 Å². The molecule has 2 rings (SSSR count). The van der Waals surface area contributed by atoms with Gasteiger partial charge in [0.1, 0.15) is 12.0 Å². The molecule has 1 aliphatic rings. The Morgan fingerprint density at radius 2 is 1.82 bits per heavy atom. The zero-order chi connectivity index (χ0) is 11.9. The molecule has 2 nitrogen and oxygen atoms in total. The third-order valence-electron chi connectivity index (χ3n) is 3.45. The van der Waals surface area contributed by atoms with E-state index in [1.54, 1.807) is 0 Å². The maximum Gasteiger partial charge on any atom is 0.124 e. The van der Waals surface area contributed by atoms with Crippen LogP contribution in [0.3, 0.4) is 0 Å². The molecule has 0 unspecified atom stereocenters. The fourth-order valence-electron chi connectivity index (χ4n) is 2.39. The van der Waals surface area contributed by atoms with E-state index in [-0.39, 0.29) is 0 Å². The number of benzene rings is 1. The van der Waals surface area contributed by atoms with Gasteiger partial charge in [0, 0.05) is 6.42 Å². The largest absolute Gasteiger partial charge is 0.493 e. The van der Waals surface area contributed by atoms with E-state index >= 15 is 0 Å². The van der Waals surface area contributed by atoms with Crippen LogP contribution in [0.1, 0.15) is 37.7 Å². The Balaban J connectivity index is 1.79. The number of carbonyl (C=O) groups is 1. The minimum absolute atomic E-state index is 0.489. The minimum atomic E-state index is 0.489. The molecule has 2 heteroatoms. The van der Waals surface area contributed by atoms with Crippen molar-refractivity contribution in [3.63, 3.8) is 0 Å². The van der Waals surface area contributed by atoms with Crippen LogP contribution in [0.15, 0.2) is 24.3 Å². The van der Waals surface area contributed by atoms with Crippen LogP contribution in [-0.4, -0.2) is 12.9 Å². The van der Waals surface area contributed by atoms with Gasteiger partial charge in [-0.3, -0.25) is 0 Å². The molecule has 1 aromatic rings. The van der Waals surface area contributed by atoms with E-state index in [4.69, 9.17) is 4.74 Å². The smallest absolute Gasteiger partial charge is 0.124 e. The zero-order valence-corrected chi connectivity index (χ0v) is 10.2. The first kappa shape index (κ1) is 12.2. The monoisotopic (exact) mass is 232 g/mol. The predicted octanol–water partition coefficient (Wildman–Crippen LogP) is 3.39. The summed E-state index contributed by atoms with van der Waals surface area (Å²) < 4.78 is 5.79. The van der Waals surface area contributed by atoms with Gasteiger partial charge in [-0.15, -0.1) is 0 Å². The molecule has 0 heterocycles. The topological polar surface area (TPSA) is 26.3 Å². The molecule has 0 spiro atoms. The van der Waals surface area contributed by atoms with E-state index in [9.17, 15) is 4.79 Å². The summed E-state index contributed by atoms with van der Waals surface area (Å²) in [5, 5.41) is 0. The molecular weight excluding hydrogens is 212 g/mol. The molecule has 0 atom stereocenters. The van der Waals surface area contributed by atoms with Crippen molar-refractivity contribution < 1.29 is 9.53 Å². The van der Waals surface area contributed by atoms with Gasteiger partial charge in [0.25, 0.3) is 0 Å². The van der Waals surface area contributed by atoms with Gasteiger partial charge in [-0.25, -0.2) is 0 Å². The first-order chi connectivity index (χ1) is 8.38. The van der Waals surface area contributed by atoms with Crippen LogP contribution < -0.4 is 4.74 Å². The first-order valence-corrected chi connectivity index (χ1v) is 6.54. The molecule has 0 amide bonds. The maximum absolute atomic E-state index is 10.4. The highest BCUT2D eigenvalue weighted by Crippen LogP contribution is 2.24. The number of carbonyl (C=O) groups excluding carboxylic acids is 1. The molecule has 17 heavy (non-hydrogen) atoms. The van der Waals surface area contributed by atoms with Crippen LogP contribution in [0.5, 0.6) is 5.75 Å². The number of aldehydes is 1. The quantitative estimate of drug-likeness (QED) is 0.727. The molecule has 0 aliphatic heterocycles. The van der Waals surface area contributed by atoms with Crippen molar-refractivity contribution in [1.29, 1.82) is 0 Å². The molecule has 0 radical (unpaired) electrons. The Hall–Kier alpha value is -1.31. The lowest BCUT2D eigenvalue weighted by Gasteiger charge is -2.21. The number of hydrogen-bond acceptors (Lipinski definition) is 2. The van der Waals surface area contributed by atoms with E-state index in [0.717, 1.165) is 30.1 Å². The summed E-state index contributed by atoms with van der Waals surface area (Å²) in [6, 6.07) is 7.85. The molecule has 92 valence electrons. The normalized spacial score (nSPS) is 16.7. The number of hydrogen-bond donors (Lipinski definition) is 0. The lowest BCUT2D eigenvalue weighted by molar-refractivity contribution is -0.107.